The van der Waals surface area contributed by atoms with Crippen molar-refractivity contribution in [3.63, 3.8) is 0 Å². The van der Waals surface area contributed by atoms with Gasteiger partial charge in [0, 0.05) is 36.3 Å². The number of likely N-dealkylation sites (tertiary alicyclic amines) is 1. The Labute approximate surface area is 207 Å². The summed E-state index contributed by atoms with van der Waals surface area (Å²) >= 11 is 0. The number of benzene rings is 2. The summed E-state index contributed by atoms with van der Waals surface area (Å²) in [5, 5.41) is 7.25. The topological polar surface area (TPSA) is 82.6 Å². The zero-order chi connectivity index (χ0) is 24.8. The summed E-state index contributed by atoms with van der Waals surface area (Å²) in [4.78, 5) is 26.6. The van der Waals surface area contributed by atoms with E-state index in [1.165, 1.54) is 6.33 Å². The van der Waals surface area contributed by atoms with Crippen LogP contribution in [0.25, 0.3) is 10.9 Å². The van der Waals surface area contributed by atoms with Gasteiger partial charge in [0.05, 0.1) is 24.9 Å². The van der Waals surface area contributed by atoms with Crippen molar-refractivity contribution in [3.05, 3.63) is 48.3 Å². The minimum absolute atomic E-state index is 0.0472. The number of amides is 1. The van der Waals surface area contributed by atoms with Crippen LogP contribution in [-0.2, 0) is 4.79 Å². The van der Waals surface area contributed by atoms with E-state index in [0.29, 0.717) is 29.8 Å². The number of aromatic nitrogens is 2. The molecule has 1 saturated heterocycles. The van der Waals surface area contributed by atoms with E-state index in [1.807, 2.05) is 37.3 Å². The third-order valence-corrected chi connectivity index (χ3v) is 6.76. The third-order valence-electron chi connectivity index (χ3n) is 6.76. The molecule has 1 fully saturated rings. The van der Waals surface area contributed by atoms with Crippen LogP contribution < -0.4 is 15.4 Å². The lowest BCUT2D eigenvalue weighted by atomic mass is 10.0. The van der Waals surface area contributed by atoms with Crippen LogP contribution in [0.4, 0.5) is 17.2 Å². The van der Waals surface area contributed by atoms with Gasteiger partial charge in [-0.3, -0.25) is 9.69 Å². The van der Waals surface area contributed by atoms with Gasteiger partial charge in [-0.2, -0.15) is 0 Å². The molecule has 0 bridgehead atoms. The highest BCUT2D eigenvalue weighted by molar-refractivity contribution is 6.00. The fourth-order valence-electron chi connectivity index (χ4n) is 4.89. The molecule has 0 aliphatic carbocycles. The van der Waals surface area contributed by atoms with E-state index >= 15 is 0 Å². The monoisotopic (exact) mass is 476 g/mol. The molecule has 0 atom stereocenters. The van der Waals surface area contributed by atoms with Crippen LogP contribution in [0.15, 0.2) is 42.7 Å². The average Bonchev–Trinajstić information content (AvgIpc) is 2.86. The number of rotatable bonds is 9. The van der Waals surface area contributed by atoms with E-state index in [0.717, 1.165) is 61.2 Å². The normalized spacial score (nSPS) is 14.9. The van der Waals surface area contributed by atoms with E-state index in [2.05, 4.69) is 50.3 Å². The first-order valence-electron chi connectivity index (χ1n) is 12.4. The number of methoxy groups -OCH3 is 1. The quantitative estimate of drug-likeness (QED) is 0.473. The van der Waals surface area contributed by atoms with Crippen molar-refractivity contribution >= 4 is 34.0 Å². The van der Waals surface area contributed by atoms with Crippen LogP contribution in [0.2, 0.25) is 0 Å². The molecule has 1 aliphatic rings. The predicted molar refractivity (Wildman–Crippen MR) is 142 cm³/mol. The molecular formula is C27H36N6O2. The van der Waals surface area contributed by atoms with Crippen molar-refractivity contribution in [2.24, 2.45) is 0 Å². The highest BCUT2D eigenvalue weighted by Gasteiger charge is 2.24. The summed E-state index contributed by atoms with van der Waals surface area (Å²) < 4.78 is 5.57. The van der Waals surface area contributed by atoms with Crippen molar-refractivity contribution in [1.82, 2.24) is 19.8 Å². The molecule has 4 rings (SSSR count). The molecule has 0 saturated carbocycles. The van der Waals surface area contributed by atoms with Crippen molar-refractivity contribution in [1.29, 1.82) is 0 Å². The second-order valence-corrected chi connectivity index (χ2v) is 9.06. The summed E-state index contributed by atoms with van der Waals surface area (Å²) in [5.74, 6) is 1.21. The van der Waals surface area contributed by atoms with Crippen LogP contribution in [0.3, 0.4) is 0 Å². The van der Waals surface area contributed by atoms with Gasteiger partial charge in [-0.25, -0.2) is 9.97 Å². The molecule has 186 valence electrons. The molecule has 2 N–H and O–H groups in total. The van der Waals surface area contributed by atoms with Crippen molar-refractivity contribution < 1.29 is 9.53 Å². The zero-order valence-corrected chi connectivity index (χ0v) is 21.2. The Morgan fingerprint density at radius 2 is 1.91 bits per heavy atom. The Hall–Kier alpha value is -3.23. The molecule has 1 aliphatic heterocycles. The first-order valence-corrected chi connectivity index (χ1v) is 12.4. The van der Waals surface area contributed by atoms with Crippen LogP contribution in [-0.4, -0.2) is 71.6 Å². The van der Waals surface area contributed by atoms with Gasteiger partial charge < -0.3 is 20.3 Å². The van der Waals surface area contributed by atoms with E-state index in [1.54, 1.807) is 7.11 Å². The van der Waals surface area contributed by atoms with Gasteiger partial charge in [-0.15, -0.1) is 0 Å². The Balaban J connectivity index is 1.48. The number of carbonyl (C=O) groups excluding carboxylic acids is 1. The minimum Gasteiger partial charge on any atom is -0.494 e. The molecule has 3 aromatic rings. The van der Waals surface area contributed by atoms with Gasteiger partial charge in [-0.1, -0.05) is 26.0 Å². The molecule has 0 radical (unpaired) electrons. The number of nitrogens with zero attached hydrogens (tertiary/aromatic N) is 4. The molecule has 1 aromatic heterocycles. The Morgan fingerprint density at radius 3 is 2.60 bits per heavy atom. The Kier molecular flexibility index (Phi) is 8.15. The Morgan fingerprint density at radius 1 is 1.14 bits per heavy atom. The largest absolute Gasteiger partial charge is 0.494 e. The second-order valence-electron chi connectivity index (χ2n) is 9.06. The highest BCUT2D eigenvalue weighted by atomic mass is 16.5. The second kappa shape index (κ2) is 11.5. The van der Waals surface area contributed by atoms with Crippen molar-refractivity contribution in [2.75, 3.05) is 50.5 Å². The van der Waals surface area contributed by atoms with Crippen LogP contribution in [0, 0.1) is 6.92 Å². The summed E-state index contributed by atoms with van der Waals surface area (Å²) in [6, 6.07) is 12.4. The molecule has 0 spiro atoms. The average molecular weight is 477 g/mol. The smallest absolute Gasteiger partial charge is 0.238 e. The number of piperidine rings is 1. The van der Waals surface area contributed by atoms with Crippen LogP contribution >= 0.6 is 0 Å². The van der Waals surface area contributed by atoms with E-state index in [-0.39, 0.29) is 5.91 Å². The lowest BCUT2D eigenvalue weighted by molar-refractivity contribution is -0.117. The predicted octanol–water partition coefficient (Wildman–Crippen LogP) is 4.44. The summed E-state index contributed by atoms with van der Waals surface area (Å²) in [6.07, 6.45) is 3.72. The van der Waals surface area contributed by atoms with Crippen molar-refractivity contribution in [2.45, 2.75) is 39.7 Å². The van der Waals surface area contributed by atoms with Gasteiger partial charge >= 0.3 is 0 Å². The number of ether oxygens (including phenoxy) is 1. The molecule has 1 amide bonds. The van der Waals surface area contributed by atoms with Crippen molar-refractivity contribution in [3.8, 4) is 5.75 Å². The van der Waals surface area contributed by atoms with Crippen LogP contribution in [0.1, 0.15) is 32.3 Å². The summed E-state index contributed by atoms with van der Waals surface area (Å²) in [5.41, 5.74) is 3.46. The fraction of sp³-hybridized carbons (Fsp3) is 0.444. The lowest BCUT2D eigenvalue weighted by Crippen LogP contribution is -2.46. The SMILES string of the molecule is CCN(CC)C1CCN(CC(=O)Nc2cc3c(Nc4cccc(C)c4)ncnc3cc2OC)CC1. The molecule has 35 heavy (non-hydrogen) atoms. The molecule has 8 heteroatoms. The van der Waals surface area contributed by atoms with Gasteiger partial charge in [0.25, 0.3) is 0 Å². The number of nitrogens with one attached hydrogen (secondary N) is 2. The van der Waals surface area contributed by atoms with Gasteiger partial charge in [-0.05, 0) is 56.6 Å². The van der Waals surface area contributed by atoms with Gasteiger partial charge in [0.1, 0.15) is 17.9 Å². The fourth-order valence-corrected chi connectivity index (χ4v) is 4.89. The Bertz CT molecular complexity index is 1160. The lowest BCUT2D eigenvalue weighted by Gasteiger charge is -2.37. The summed E-state index contributed by atoms with van der Waals surface area (Å²) in [6.45, 7) is 10.9. The maximum absolute atomic E-state index is 13.0. The zero-order valence-electron chi connectivity index (χ0n) is 21.2. The van der Waals surface area contributed by atoms with Gasteiger partial charge in [0.2, 0.25) is 5.91 Å². The minimum atomic E-state index is -0.0472. The summed E-state index contributed by atoms with van der Waals surface area (Å²) in [7, 11) is 1.60. The number of hydrogen-bond acceptors (Lipinski definition) is 7. The maximum atomic E-state index is 13.0. The third kappa shape index (κ3) is 6.07. The van der Waals surface area contributed by atoms with E-state index < -0.39 is 0 Å². The number of hydrogen-bond donors (Lipinski definition) is 2. The van der Waals surface area contributed by atoms with E-state index in [9.17, 15) is 4.79 Å². The number of aryl methyl sites for hydroxylation is 1. The molecular weight excluding hydrogens is 440 g/mol. The first kappa shape index (κ1) is 24.9. The molecule has 2 heterocycles. The first-order chi connectivity index (χ1) is 17.0. The van der Waals surface area contributed by atoms with Gasteiger partial charge in [0.15, 0.2) is 0 Å². The highest BCUT2D eigenvalue weighted by Crippen LogP contribution is 2.33. The number of carbonyl (C=O) groups is 1. The molecule has 2 aromatic carbocycles. The molecule has 8 nitrogen and oxygen atoms in total. The molecule has 0 unspecified atom stereocenters. The van der Waals surface area contributed by atoms with Crippen LogP contribution in [0.5, 0.6) is 5.75 Å². The standard InChI is InChI=1S/C27H36N6O2/c1-5-33(6-2)21-10-12-32(13-11-21)17-26(34)31-24-15-22-23(16-25(24)35-4)28-18-29-27(22)30-20-9-7-8-19(3)14-20/h7-9,14-16,18,21H,5-6,10-13,17H2,1-4H3,(H,31,34)(H,28,29,30). The van der Waals surface area contributed by atoms with E-state index in [4.69, 9.17) is 4.74 Å². The maximum Gasteiger partial charge on any atom is 0.238 e. The number of anilines is 3. The number of fused-ring (bicyclic) bond motifs is 1.